The van der Waals surface area contributed by atoms with Crippen molar-refractivity contribution in [2.75, 3.05) is 10.6 Å². The Bertz CT molecular complexity index is 841. The molecule has 7 nitrogen and oxygen atoms in total. The van der Waals surface area contributed by atoms with E-state index in [0.717, 1.165) is 6.42 Å². The Balaban J connectivity index is 1.63. The number of carbonyl (C=O) groups excluding carboxylic acids is 1. The molecular weight excluding hydrogens is 306 g/mol. The lowest BCUT2D eigenvalue weighted by Crippen LogP contribution is -2.31. The van der Waals surface area contributed by atoms with Crippen molar-refractivity contribution in [3.63, 3.8) is 0 Å². The smallest absolute Gasteiger partial charge is 0.293 e. The SMILES string of the molecule is C[C@H]1C[C@H](c2ccccc2)n2nc(NC(=O)c3ccco3)nc2N1. The standard InChI is InChI=1S/C17H17N5O2/c1-11-10-13(12-6-3-2-4-7-12)22-17(18-11)20-16(21-22)19-15(23)14-8-5-9-24-14/h2-9,11,13H,10H2,1H3,(H2,18,19,20,21,23)/t11-,13+/m0/s1. The van der Waals surface area contributed by atoms with Gasteiger partial charge in [0.15, 0.2) is 5.76 Å². The Morgan fingerprint density at radius 3 is 2.88 bits per heavy atom. The Labute approximate surface area is 138 Å². The highest BCUT2D eigenvalue weighted by Crippen LogP contribution is 2.31. The van der Waals surface area contributed by atoms with Crippen LogP contribution in [0.1, 0.15) is 35.5 Å². The van der Waals surface area contributed by atoms with Gasteiger partial charge in [0, 0.05) is 6.04 Å². The van der Waals surface area contributed by atoms with Gasteiger partial charge in [0.1, 0.15) is 0 Å². The Morgan fingerprint density at radius 1 is 1.29 bits per heavy atom. The molecule has 0 bridgehead atoms. The van der Waals surface area contributed by atoms with Crippen LogP contribution < -0.4 is 10.6 Å². The molecule has 1 aliphatic heterocycles. The number of fused-ring (bicyclic) bond motifs is 1. The van der Waals surface area contributed by atoms with Gasteiger partial charge in [-0.1, -0.05) is 30.3 Å². The van der Waals surface area contributed by atoms with Crippen LogP contribution in [-0.2, 0) is 0 Å². The van der Waals surface area contributed by atoms with Gasteiger partial charge in [0.2, 0.25) is 5.95 Å². The molecule has 2 atom stereocenters. The number of anilines is 2. The fourth-order valence-corrected chi connectivity index (χ4v) is 2.93. The zero-order chi connectivity index (χ0) is 16.5. The number of amides is 1. The maximum atomic E-state index is 12.1. The molecular formula is C17H17N5O2. The Kier molecular flexibility index (Phi) is 3.53. The summed E-state index contributed by atoms with van der Waals surface area (Å²) >= 11 is 0. The quantitative estimate of drug-likeness (QED) is 0.774. The molecule has 4 rings (SSSR count). The summed E-state index contributed by atoms with van der Waals surface area (Å²) in [7, 11) is 0. The zero-order valence-corrected chi connectivity index (χ0v) is 13.1. The number of hydrogen-bond donors (Lipinski definition) is 2. The van der Waals surface area contributed by atoms with Gasteiger partial charge in [-0.05, 0) is 31.0 Å². The van der Waals surface area contributed by atoms with E-state index in [4.69, 9.17) is 4.42 Å². The fourth-order valence-electron chi connectivity index (χ4n) is 2.93. The predicted molar refractivity (Wildman–Crippen MR) is 89.0 cm³/mol. The summed E-state index contributed by atoms with van der Waals surface area (Å²) in [5.41, 5.74) is 1.17. The van der Waals surface area contributed by atoms with E-state index >= 15 is 0 Å². The summed E-state index contributed by atoms with van der Waals surface area (Å²) in [5.74, 6) is 0.766. The number of aromatic nitrogens is 3. The van der Waals surface area contributed by atoms with Crippen LogP contribution >= 0.6 is 0 Å². The first-order valence-corrected chi connectivity index (χ1v) is 7.83. The molecule has 0 unspecified atom stereocenters. The minimum absolute atomic E-state index is 0.0826. The maximum Gasteiger partial charge on any atom is 0.293 e. The van der Waals surface area contributed by atoms with E-state index in [-0.39, 0.29) is 29.7 Å². The Hall–Kier alpha value is -3.09. The highest BCUT2D eigenvalue weighted by atomic mass is 16.3. The molecule has 2 N–H and O–H groups in total. The molecule has 24 heavy (non-hydrogen) atoms. The van der Waals surface area contributed by atoms with E-state index in [1.165, 1.54) is 11.8 Å². The second-order valence-electron chi connectivity index (χ2n) is 5.84. The van der Waals surface area contributed by atoms with Crippen LogP contribution in [0.4, 0.5) is 11.9 Å². The first-order valence-electron chi connectivity index (χ1n) is 7.83. The minimum atomic E-state index is -0.368. The number of carbonyl (C=O) groups is 1. The maximum absolute atomic E-state index is 12.1. The molecule has 1 aliphatic rings. The van der Waals surface area contributed by atoms with E-state index in [2.05, 4.69) is 39.8 Å². The Morgan fingerprint density at radius 2 is 2.12 bits per heavy atom. The molecule has 0 spiro atoms. The molecule has 7 heteroatoms. The highest BCUT2D eigenvalue weighted by molar-refractivity contribution is 6.01. The lowest BCUT2D eigenvalue weighted by molar-refractivity contribution is 0.0995. The zero-order valence-electron chi connectivity index (χ0n) is 13.1. The van der Waals surface area contributed by atoms with Gasteiger partial charge < -0.3 is 9.73 Å². The number of nitrogens with one attached hydrogen (secondary N) is 2. The van der Waals surface area contributed by atoms with Crippen molar-refractivity contribution >= 4 is 17.8 Å². The van der Waals surface area contributed by atoms with Crippen molar-refractivity contribution in [2.45, 2.75) is 25.4 Å². The number of nitrogens with zero attached hydrogens (tertiary/aromatic N) is 3. The summed E-state index contributed by atoms with van der Waals surface area (Å²) in [6.07, 6.45) is 2.35. The molecule has 0 saturated heterocycles. The van der Waals surface area contributed by atoms with E-state index in [9.17, 15) is 4.79 Å². The van der Waals surface area contributed by atoms with Gasteiger partial charge in [-0.15, -0.1) is 5.10 Å². The second kappa shape index (κ2) is 5.84. The van der Waals surface area contributed by atoms with Gasteiger partial charge in [-0.3, -0.25) is 10.1 Å². The van der Waals surface area contributed by atoms with E-state index < -0.39 is 0 Å². The van der Waals surface area contributed by atoms with Crippen molar-refractivity contribution in [3.8, 4) is 0 Å². The van der Waals surface area contributed by atoms with E-state index in [1.807, 2.05) is 22.9 Å². The van der Waals surface area contributed by atoms with E-state index in [1.54, 1.807) is 12.1 Å². The van der Waals surface area contributed by atoms with Crippen molar-refractivity contribution < 1.29 is 9.21 Å². The summed E-state index contributed by atoms with van der Waals surface area (Å²) in [6, 6.07) is 13.8. The van der Waals surface area contributed by atoms with Crippen LogP contribution in [-0.4, -0.2) is 26.7 Å². The average Bonchev–Trinajstić information content (AvgIpc) is 3.24. The number of furan rings is 1. The van der Waals surface area contributed by atoms with Crippen LogP contribution in [0.3, 0.4) is 0 Å². The third-order valence-corrected chi connectivity index (χ3v) is 4.03. The van der Waals surface area contributed by atoms with Gasteiger partial charge in [-0.2, -0.15) is 4.98 Å². The third kappa shape index (κ3) is 2.64. The first kappa shape index (κ1) is 14.5. The molecule has 122 valence electrons. The molecule has 1 amide bonds. The topological polar surface area (TPSA) is 85.0 Å². The fraction of sp³-hybridized carbons (Fsp3) is 0.235. The first-order chi connectivity index (χ1) is 11.7. The van der Waals surface area contributed by atoms with Gasteiger partial charge in [0.25, 0.3) is 11.9 Å². The molecule has 1 aromatic carbocycles. The normalized spacial score (nSPS) is 19.4. The largest absolute Gasteiger partial charge is 0.459 e. The monoisotopic (exact) mass is 323 g/mol. The molecule has 0 fully saturated rings. The predicted octanol–water partition coefficient (Wildman–Crippen LogP) is 2.92. The van der Waals surface area contributed by atoms with Gasteiger partial charge in [0.05, 0.1) is 12.3 Å². The molecule has 2 aromatic heterocycles. The van der Waals surface area contributed by atoms with Crippen LogP contribution in [0.2, 0.25) is 0 Å². The van der Waals surface area contributed by atoms with Crippen molar-refractivity contribution in [1.82, 2.24) is 14.8 Å². The van der Waals surface area contributed by atoms with Crippen LogP contribution in [0, 0.1) is 0 Å². The number of rotatable bonds is 3. The summed E-state index contributed by atoms with van der Waals surface area (Å²) in [6.45, 7) is 2.11. The molecule has 3 aromatic rings. The minimum Gasteiger partial charge on any atom is -0.459 e. The van der Waals surface area contributed by atoms with Crippen molar-refractivity contribution in [3.05, 3.63) is 60.1 Å². The summed E-state index contributed by atoms with van der Waals surface area (Å²) in [5, 5.41) is 10.4. The second-order valence-corrected chi connectivity index (χ2v) is 5.84. The van der Waals surface area contributed by atoms with Crippen LogP contribution in [0.25, 0.3) is 0 Å². The number of benzene rings is 1. The lowest BCUT2D eigenvalue weighted by Gasteiger charge is -2.29. The van der Waals surface area contributed by atoms with Crippen molar-refractivity contribution in [2.24, 2.45) is 0 Å². The number of hydrogen-bond acceptors (Lipinski definition) is 5. The molecule has 0 saturated carbocycles. The van der Waals surface area contributed by atoms with Gasteiger partial charge in [-0.25, -0.2) is 4.68 Å². The van der Waals surface area contributed by atoms with Crippen molar-refractivity contribution in [1.29, 1.82) is 0 Å². The van der Waals surface area contributed by atoms with E-state index in [0.29, 0.717) is 5.95 Å². The summed E-state index contributed by atoms with van der Waals surface area (Å²) < 4.78 is 6.91. The molecule has 0 aliphatic carbocycles. The molecule has 0 radical (unpaired) electrons. The van der Waals surface area contributed by atoms with Crippen LogP contribution in [0.15, 0.2) is 53.1 Å². The summed E-state index contributed by atoms with van der Waals surface area (Å²) in [4.78, 5) is 16.5. The third-order valence-electron chi connectivity index (χ3n) is 4.03. The van der Waals surface area contributed by atoms with Crippen LogP contribution in [0.5, 0.6) is 0 Å². The van der Waals surface area contributed by atoms with Gasteiger partial charge >= 0.3 is 0 Å². The highest BCUT2D eigenvalue weighted by Gasteiger charge is 2.28. The molecule has 3 heterocycles. The average molecular weight is 323 g/mol. The lowest BCUT2D eigenvalue weighted by atomic mass is 9.99.